The summed E-state index contributed by atoms with van der Waals surface area (Å²) in [4.78, 5) is 21.9. The van der Waals surface area contributed by atoms with Crippen LogP contribution in [0.15, 0.2) is 29.6 Å². The summed E-state index contributed by atoms with van der Waals surface area (Å²) < 4.78 is 23.0. The summed E-state index contributed by atoms with van der Waals surface area (Å²) in [7, 11) is -3.70. The lowest BCUT2D eigenvalue weighted by molar-refractivity contribution is -0.384. The van der Waals surface area contributed by atoms with Crippen molar-refractivity contribution >= 4 is 25.1 Å². The number of benzene rings is 1. The van der Waals surface area contributed by atoms with E-state index in [-0.39, 0.29) is 24.2 Å². The largest absolute Gasteiger partial charge is 0.364 e. The van der Waals surface area contributed by atoms with Gasteiger partial charge in [0.15, 0.2) is 5.78 Å². The standard InChI is InChI=1S/C14H18NO6P/c1-4-20-22(19,21-5-2)14(11(3)16)10-12-6-8-13(9-7-12)15(17)18/h6-10H,4-5H2,1-3H3/b14-10+. The molecule has 1 rings (SSSR count). The van der Waals surface area contributed by atoms with Gasteiger partial charge >= 0.3 is 7.60 Å². The normalized spacial score (nSPS) is 12.2. The van der Waals surface area contributed by atoms with Crippen molar-refractivity contribution in [2.24, 2.45) is 0 Å². The molecule has 120 valence electrons. The second-order valence-electron chi connectivity index (χ2n) is 4.27. The quantitative estimate of drug-likeness (QED) is 0.312. The molecule has 1 aromatic rings. The number of rotatable bonds is 8. The van der Waals surface area contributed by atoms with Crippen LogP contribution in [0.5, 0.6) is 0 Å². The fourth-order valence-electron chi connectivity index (χ4n) is 1.74. The molecule has 8 heteroatoms. The maximum Gasteiger partial charge on any atom is 0.364 e. The van der Waals surface area contributed by atoms with Crippen LogP contribution in [0.3, 0.4) is 0 Å². The summed E-state index contributed by atoms with van der Waals surface area (Å²) >= 11 is 0. The third kappa shape index (κ3) is 4.59. The molecular weight excluding hydrogens is 309 g/mol. The van der Waals surface area contributed by atoms with Crippen molar-refractivity contribution in [3.05, 3.63) is 45.3 Å². The van der Waals surface area contributed by atoms with Crippen molar-refractivity contribution in [2.75, 3.05) is 13.2 Å². The molecule has 0 aromatic heterocycles. The summed E-state index contributed by atoms with van der Waals surface area (Å²) in [6.45, 7) is 4.82. The van der Waals surface area contributed by atoms with E-state index in [0.717, 1.165) is 0 Å². The average Bonchev–Trinajstić information content (AvgIpc) is 2.45. The van der Waals surface area contributed by atoms with Gasteiger partial charge in [-0.2, -0.15) is 0 Å². The van der Waals surface area contributed by atoms with E-state index in [0.29, 0.717) is 5.56 Å². The topological polar surface area (TPSA) is 95.7 Å². The predicted molar refractivity (Wildman–Crippen MR) is 82.6 cm³/mol. The summed E-state index contributed by atoms with van der Waals surface area (Å²) in [5, 5.41) is 10.5. The zero-order chi connectivity index (χ0) is 16.8. The first-order chi connectivity index (χ1) is 10.3. The van der Waals surface area contributed by atoms with E-state index in [4.69, 9.17) is 9.05 Å². The van der Waals surface area contributed by atoms with E-state index in [1.807, 2.05) is 0 Å². The zero-order valence-corrected chi connectivity index (χ0v) is 13.5. The van der Waals surface area contributed by atoms with Crippen molar-refractivity contribution in [3.63, 3.8) is 0 Å². The Morgan fingerprint density at radius 3 is 2.09 bits per heavy atom. The maximum atomic E-state index is 12.7. The SMILES string of the molecule is CCOP(=O)(OCC)/C(=C/c1ccc([N+](=O)[O-])cc1)C(C)=O. The van der Waals surface area contributed by atoms with Gasteiger partial charge in [-0.15, -0.1) is 0 Å². The Bertz CT molecular complexity index is 613. The molecule has 1 aromatic carbocycles. The highest BCUT2D eigenvalue weighted by atomic mass is 31.2. The molecule has 0 saturated heterocycles. The first kappa shape index (κ1) is 18.2. The third-order valence-electron chi connectivity index (χ3n) is 2.66. The lowest BCUT2D eigenvalue weighted by atomic mass is 10.2. The van der Waals surface area contributed by atoms with Gasteiger partial charge in [-0.05, 0) is 44.5 Å². The molecule has 0 radical (unpaired) electrons. The van der Waals surface area contributed by atoms with Gasteiger partial charge < -0.3 is 9.05 Å². The molecule has 0 saturated carbocycles. The highest BCUT2D eigenvalue weighted by Gasteiger charge is 2.32. The number of carbonyl (C=O) groups excluding carboxylic acids is 1. The first-order valence-corrected chi connectivity index (χ1v) is 8.25. The Kier molecular flexibility index (Phi) is 6.61. The van der Waals surface area contributed by atoms with Gasteiger partial charge in [0.1, 0.15) is 5.31 Å². The van der Waals surface area contributed by atoms with E-state index in [1.54, 1.807) is 13.8 Å². The van der Waals surface area contributed by atoms with Crippen LogP contribution in [-0.2, 0) is 18.4 Å². The average molecular weight is 327 g/mol. The monoisotopic (exact) mass is 327 g/mol. The van der Waals surface area contributed by atoms with Crippen LogP contribution in [0.2, 0.25) is 0 Å². The zero-order valence-electron chi connectivity index (χ0n) is 12.6. The molecule has 0 atom stereocenters. The molecule has 7 nitrogen and oxygen atoms in total. The summed E-state index contributed by atoms with van der Waals surface area (Å²) in [6.07, 6.45) is 1.37. The van der Waals surface area contributed by atoms with Gasteiger partial charge in [-0.1, -0.05) is 0 Å². The molecule has 0 aliphatic heterocycles. The lowest BCUT2D eigenvalue weighted by Crippen LogP contribution is -2.05. The van der Waals surface area contributed by atoms with Crippen molar-refractivity contribution in [1.82, 2.24) is 0 Å². The van der Waals surface area contributed by atoms with Crippen LogP contribution in [0.25, 0.3) is 6.08 Å². The number of Topliss-reactive ketones (excluding diaryl/α,β-unsaturated/α-hetero) is 1. The molecule has 0 N–H and O–H groups in total. The molecular formula is C14H18NO6P. The van der Waals surface area contributed by atoms with Crippen molar-refractivity contribution < 1.29 is 23.3 Å². The van der Waals surface area contributed by atoms with Crippen LogP contribution in [0.4, 0.5) is 5.69 Å². The number of carbonyl (C=O) groups is 1. The number of allylic oxidation sites excluding steroid dienone is 1. The van der Waals surface area contributed by atoms with Crippen LogP contribution in [0, 0.1) is 10.1 Å². The van der Waals surface area contributed by atoms with Crippen LogP contribution in [-0.4, -0.2) is 23.9 Å². The van der Waals surface area contributed by atoms with E-state index < -0.39 is 18.3 Å². The number of hydrogen-bond acceptors (Lipinski definition) is 6. The van der Waals surface area contributed by atoms with Gasteiger partial charge in [0.25, 0.3) is 5.69 Å². The Hall–Kier alpha value is -1.82. The Morgan fingerprint density at radius 1 is 1.23 bits per heavy atom. The molecule has 0 spiro atoms. The summed E-state index contributed by atoms with van der Waals surface area (Å²) in [5.74, 6) is -0.441. The van der Waals surface area contributed by atoms with E-state index >= 15 is 0 Å². The number of hydrogen-bond donors (Lipinski definition) is 0. The van der Waals surface area contributed by atoms with E-state index in [2.05, 4.69) is 0 Å². The fraction of sp³-hybridized carbons (Fsp3) is 0.357. The molecule has 0 amide bonds. The van der Waals surface area contributed by atoms with Gasteiger partial charge in [-0.3, -0.25) is 19.5 Å². The van der Waals surface area contributed by atoms with E-state index in [9.17, 15) is 19.5 Å². The first-order valence-electron chi connectivity index (χ1n) is 6.70. The smallest absolute Gasteiger partial charge is 0.305 e. The van der Waals surface area contributed by atoms with Crippen molar-refractivity contribution in [1.29, 1.82) is 0 Å². The molecule has 0 aliphatic carbocycles. The predicted octanol–water partition coefficient (Wildman–Crippen LogP) is 3.79. The van der Waals surface area contributed by atoms with Gasteiger partial charge in [0.2, 0.25) is 0 Å². The third-order valence-corrected chi connectivity index (χ3v) is 4.89. The van der Waals surface area contributed by atoms with Crippen molar-refractivity contribution in [3.8, 4) is 0 Å². The minimum Gasteiger partial charge on any atom is -0.305 e. The van der Waals surface area contributed by atoms with Gasteiger partial charge in [0.05, 0.1) is 18.1 Å². The van der Waals surface area contributed by atoms with Gasteiger partial charge in [0, 0.05) is 12.1 Å². The van der Waals surface area contributed by atoms with Crippen LogP contribution >= 0.6 is 7.60 Å². The van der Waals surface area contributed by atoms with Crippen LogP contribution in [0.1, 0.15) is 26.3 Å². The second kappa shape index (κ2) is 7.98. The van der Waals surface area contributed by atoms with Gasteiger partial charge in [-0.25, -0.2) is 0 Å². The molecule has 0 unspecified atom stereocenters. The number of ketones is 1. The highest BCUT2D eigenvalue weighted by Crippen LogP contribution is 2.56. The molecule has 0 bridgehead atoms. The van der Waals surface area contributed by atoms with E-state index in [1.165, 1.54) is 37.3 Å². The lowest BCUT2D eigenvalue weighted by Gasteiger charge is -2.18. The molecule has 0 fully saturated rings. The fourth-order valence-corrected chi connectivity index (χ4v) is 3.47. The maximum absolute atomic E-state index is 12.7. The number of non-ortho nitro benzene ring substituents is 1. The minimum atomic E-state index is -3.70. The Morgan fingerprint density at radius 2 is 1.73 bits per heavy atom. The summed E-state index contributed by atoms with van der Waals surface area (Å²) in [5.41, 5.74) is 0.426. The molecule has 0 heterocycles. The molecule has 0 aliphatic rings. The second-order valence-corrected chi connectivity index (χ2v) is 6.26. The Labute approximate surface area is 128 Å². The number of nitrogens with zero attached hydrogens (tertiary/aromatic N) is 1. The minimum absolute atomic E-state index is 0.0701. The van der Waals surface area contributed by atoms with Crippen molar-refractivity contribution in [2.45, 2.75) is 20.8 Å². The number of nitro groups is 1. The van der Waals surface area contributed by atoms with Crippen LogP contribution < -0.4 is 0 Å². The summed E-state index contributed by atoms with van der Waals surface area (Å²) in [6, 6.07) is 5.53. The molecule has 22 heavy (non-hydrogen) atoms. The Balaban J connectivity index is 3.26. The highest BCUT2D eigenvalue weighted by molar-refractivity contribution is 7.60. The number of nitro benzene ring substituents is 1.